The van der Waals surface area contributed by atoms with E-state index in [1.54, 1.807) is 12.0 Å². The number of hydrogen-bond donors (Lipinski definition) is 1. The second-order valence-electron chi connectivity index (χ2n) is 9.98. The van der Waals surface area contributed by atoms with Gasteiger partial charge in [0.05, 0.1) is 13.5 Å². The molecule has 1 atom stereocenters. The molecule has 0 aromatic heterocycles. The Hall–Kier alpha value is -3.60. The van der Waals surface area contributed by atoms with E-state index in [9.17, 15) is 9.59 Å². The van der Waals surface area contributed by atoms with Gasteiger partial charge in [-0.3, -0.25) is 9.59 Å². The van der Waals surface area contributed by atoms with E-state index in [4.69, 9.17) is 4.74 Å². The van der Waals surface area contributed by atoms with E-state index < -0.39 is 11.6 Å². The minimum absolute atomic E-state index is 0.0957. The summed E-state index contributed by atoms with van der Waals surface area (Å²) in [5, 5.41) is 3.10. The standard InChI is InChI=1S/C30H36N2O3/c1-22-14-16-24(17-15-22)20-28(33)32(21-25-12-9-13-26(18-25)35-5)27(29(34)31-30(2,3)4)19-23-10-7-6-8-11-23/h6-18,27H,19-21H2,1-5H3,(H,31,34). The molecule has 2 amide bonds. The summed E-state index contributed by atoms with van der Waals surface area (Å²) >= 11 is 0. The molecule has 0 aliphatic carbocycles. The van der Waals surface area contributed by atoms with Crippen LogP contribution in [0.25, 0.3) is 0 Å². The lowest BCUT2D eigenvalue weighted by atomic mass is 9.99. The van der Waals surface area contributed by atoms with Crippen LogP contribution in [0.3, 0.4) is 0 Å². The molecule has 1 unspecified atom stereocenters. The minimum Gasteiger partial charge on any atom is -0.497 e. The van der Waals surface area contributed by atoms with Gasteiger partial charge in [0.2, 0.25) is 11.8 Å². The van der Waals surface area contributed by atoms with Crippen molar-refractivity contribution in [1.29, 1.82) is 0 Å². The lowest BCUT2D eigenvalue weighted by molar-refractivity contribution is -0.141. The van der Waals surface area contributed by atoms with Crippen molar-refractivity contribution in [3.8, 4) is 5.75 Å². The molecule has 3 aromatic carbocycles. The van der Waals surface area contributed by atoms with Crippen molar-refractivity contribution in [2.75, 3.05) is 7.11 Å². The smallest absolute Gasteiger partial charge is 0.243 e. The van der Waals surface area contributed by atoms with Gasteiger partial charge >= 0.3 is 0 Å². The number of nitrogens with one attached hydrogen (secondary N) is 1. The van der Waals surface area contributed by atoms with E-state index in [1.807, 2.05) is 107 Å². The van der Waals surface area contributed by atoms with Crippen molar-refractivity contribution < 1.29 is 14.3 Å². The normalized spacial score (nSPS) is 12.0. The molecular formula is C30H36N2O3. The zero-order valence-electron chi connectivity index (χ0n) is 21.4. The van der Waals surface area contributed by atoms with Crippen molar-refractivity contribution in [2.45, 2.75) is 58.7 Å². The Kier molecular flexibility index (Phi) is 8.69. The van der Waals surface area contributed by atoms with Crippen LogP contribution >= 0.6 is 0 Å². The number of carbonyl (C=O) groups is 2. The highest BCUT2D eigenvalue weighted by molar-refractivity contribution is 5.89. The number of amides is 2. The molecule has 0 bridgehead atoms. The lowest BCUT2D eigenvalue weighted by Gasteiger charge is -2.34. The van der Waals surface area contributed by atoms with Gasteiger partial charge in [0.25, 0.3) is 0 Å². The van der Waals surface area contributed by atoms with Gasteiger partial charge in [-0.15, -0.1) is 0 Å². The zero-order chi connectivity index (χ0) is 25.4. The molecule has 0 saturated heterocycles. The maximum absolute atomic E-state index is 13.8. The van der Waals surface area contributed by atoms with Crippen molar-refractivity contribution >= 4 is 11.8 Å². The Morgan fingerprint density at radius 1 is 0.886 bits per heavy atom. The first-order valence-corrected chi connectivity index (χ1v) is 12.0. The van der Waals surface area contributed by atoms with Crippen molar-refractivity contribution in [1.82, 2.24) is 10.2 Å². The number of ether oxygens (including phenoxy) is 1. The third-order valence-electron chi connectivity index (χ3n) is 5.73. The van der Waals surface area contributed by atoms with Crippen LogP contribution in [0.1, 0.15) is 43.0 Å². The molecule has 3 rings (SSSR count). The summed E-state index contributed by atoms with van der Waals surface area (Å²) in [6, 6.07) is 24.8. The molecule has 0 spiro atoms. The fraction of sp³-hybridized carbons (Fsp3) is 0.333. The number of aryl methyl sites for hydroxylation is 1. The number of hydrogen-bond acceptors (Lipinski definition) is 3. The SMILES string of the molecule is COc1cccc(CN(C(=O)Cc2ccc(C)cc2)C(Cc2ccccc2)C(=O)NC(C)(C)C)c1. The van der Waals surface area contributed by atoms with Gasteiger partial charge in [-0.05, 0) is 56.5 Å². The first-order valence-electron chi connectivity index (χ1n) is 12.0. The molecule has 0 heterocycles. The van der Waals surface area contributed by atoms with Gasteiger partial charge in [0.1, 0.15) is 11.8 Å². The first kappa shape index (κ1) is 26.0. The Morgan fingerprint density at radius 3 is 2.17 bits per heavy atom. The van der Waals surface area contributed by atoms with Crippen LogP contribution < -0.4 is 10.1 Å². The zero-order valence-corrected chi connectivity index (χ0v) is 21.4. The fourth-order valence-electron chi connectivity index (χ4n) is 3.96. The van der Waals surface area contributed by atoms with E-state index in [0.717, 1.165) is 22.3 Å². The molecule has 5 nitrogen and oxygen atoms in total. The highest BCUT2D eigenvalue weighted by Gasteiger charge is 2.32. The van der Waals surface area contributed by atoms with Gasteiger partial charge in [0, 0.05) is 18.5 Å². The first-order chi connectivity index (χ1) is 16.6. The Bertz CT molecular complexity index is 1120. The highest BCUT2D eigenvalue weighted by Crippen LogP contribution is 2.20. The third-order valence-corrected chi connectivity index (χ3v) is 5.73. The maximum atomic E-state index is 13.8. The van der Waals surface area contributed by atoms with Gasteiger partial charge < -0.3 is 15.0 Å². The largest absolute Gasteiger partial charge is 0.497 e. The van der Waals surface area contributed by atoms with Crippen molar-refractivity contribution in [3.63, 3.8) is 0 Å². The third kappa shape index (κ3) is 7.99. The van der Waals surface area contributed by atoms with E-state index in [-0.39, 0.29) is 18.2 Å². The Labute approximate surface area is 209 Å². The second-order valence-corrected chi connectivity index (χ2v) is 9.98. The quantitative estimate of drug-likeness (QED) is 0.471. The summed E-state index contributed by atoms with van der Waals surface area (Å²) in [4.78, 5) is 29.1. The lowest BCUT2D eigenvalue weighted by Crippen LogP contribution is -2.54. The Balaban J connectivity index is 1.99. The monoisotopic (exact) mass is 472 g/mol. The predicted octanol–water partition coefficient (Wildman–Crippen LogP) is 5.10. The average molecular weight is 473 g/mol. The number of carbonyl (C=O) groups excluding carboxylic acids is 2. The molecule has 0 fully saturated rings. The van der Waals surface area contributed by atoms with E-state index >= 15 is 0 Å². The van der Waals surface area contributed by atoms with Gasteiger partial charge in [-0.2, -0.15) is 0 Å². The number of benzene rings is 3. The molecule has 35 heavy (non-hydrogen) atoms. The van der Waals surface area contributed by atoms with Crippen LogP contribution in [0.2, 0.25) is 0 Å². The van der Waals surface area contributed by atoms with Gasteiger partial charge in [-0.25, -0.2) is 0 Å². The summed E-state index contributed by atoms with van der Waals surface area (Å²) in [5.41, 5.74) is 3.55. The van der Waals surface area contributed by atoms with Crippen LogP contribution in [-0.2, 0) is 29.0 Å². The van der Waals surface area contributed by atoms with Gasteiger partial charge in [0.15, 0.2) is 0 Å². The molecule has 0 aliphatic heterocycles. The van der Waals surface area contributed by atoms with Crippen molar-refractivity contribution in [2.24, 2.45) is 0 Å². The van der Waals surface area contributed by atoms with E-state index in [2.05, 4.69) is 5.32 Å². The van der Waals surface area contributed by atoms with Crippen molar-refractivity contribution in [3.05, 3.63) is 101 Å². The summed E-state index contributed by atoms with van der Waals surface area (Å²) in [7, 11) is 1.62. The van der Waals surface area contributed by atoms with Crippen LogP contribution in [-0.4, -0.2) is 35.4 Å². The molecule has 0 saturated carbocycles. The number of nitrogens with zero attached hydrogens (tertiary/aromatic N) is 1. The fourth-order valence-corrected chi connectivity index (χ4v) is 3.96. The number of methoxy groups -OCH3 is 1. The summed E-state index contributed by atoms with van der Waals surface area (Å²) < 4.78 is 5.39. The molecule has 5 heteroatoms. The van der Waals surface area contributed by atoms with E-state index in [0.29, 0.717) is 18.7 Å². The topological polar surface area (TPSA) is 58.6 Å². The predicted molar refractivity (Wildman–Crippen MR) is 140 cm³/mol. The van der Waals surface area contributed by atoms with Gasteiger partial charge in [-0.1, -0.05) is 72.3 Å². The molecule has 184 valence electrons. The molecule has 1 N–H and O–H groups in total. The minimum atomic E-state index is -0.666. The average Bonchev–Trinajstić information content (AvgIpc) is 2.82. The van der Waals surface area contributed by atoms with Crippen LogP contribution in [0, 0.1) is 6.92 Å². The van der Waals surface area contributed by atoms with Crippen LogP contribution in [0.5, 0.6) is 5.75 Å². The van der Waals surface area contributed by atoms with Crippen LogP contribution in [0.15, 0.2) is 78.9 Å². The molecule has 0 radical (unpaired) electrons. The number of rotatable bonds is 9. The molecule has 0 aliphatic rings. The highest BCUT2D eigenvalue weighted by atomic mass is 16.5. The molecule has 3 aromatic rings. The summed E-state index contributed by atoms with van der Waals surface area (Å²) in [6.07, 6.45) is 0.644. The van der Waals surface area contributed by atoms with Crippen LogP contribution in [0.4, 0.5) is 0 Å². The van der Waals surface area contributed by atoms with E-state index in [1.165, 1.54) is 0 Å². The maximum Gasteiger partial charge on any atom is 0.243 e. The Morgan fingerprint density at radius 2 is 1.54 bits per heavy atom. The second kappa shape index (κ2) is 11.7. The summed E-state index contributed by atoms with van der Waals surface area (Å²) in [6.45, 7) is 8.17. The summed E-state index contributed by atoms with van der Waals surface area (Å²) in [5.74, 6) is 0.454. The molecular weight excluding hydrogens is 436 g/mol.